The van der Waals surface area contributed by atoms with E-state index in [1.807, 2.05) is 74.4 Å². The van der Waals surface area contributed by atoms with Crippen LogP contribution in [0, 0.1) is 0 Å². The number of hydrogen-bond donors (Lipinski definition) is 2. The van der Waals surface area contributed by atoms with E-state index in [9.17, 15) is 4.79 Å². The van der Waals surface area contributed by atoms with E-state index >= 15 is 0 Å². The minimum absolute atomic E-state index is 0.323. The van der Waals surface area contributed by atoms with Gasteiger partial charge < -0.3 is 10.2 Å². The Kier molecular flexibility index (Phi) is 6.32. The van der Waals surface area contributed by atoms with Crippen LogP contribution in [0.15, 0.2) is 65.1 Å². The molecule has 7 nitrogen and oxygen atoms in total. The molecule has 32 heavy (non-hydrogen) atoms. The Morgan fingerprint density at radius 3 is 2.44 bits per heavy atom. The lowest BCUT2D eigenvalue weighted by Crippen LogP contribution is -2.28. The molecule has 0 aliphatic heterocycles. The molecule has 0 aliphatic rings. The van der Waals surface area contributed by atoms with Gasteiger partial charge in [-0.1, -0.05) is 40.2 Å². The van der Waals surface area contributed by atoms with E-state index in [0.717, 1.165) is 27.0 Å². The summed E-state index contributed by atoms with van der Waals surface area (Å²) in [5.74, 6) is 0.899. The van der Waals surface area contributed by atoms with Crippen LogP contribution in [0.5, 0.6) is 0 Å². The van der Waals surface area contributed by atoms with Gasteiger partial charge in [-0.25, -0.2) is 19.7 Å². The second-order valence-electron chi connectivity index (χ2n) is 7.40. The molecular formula is C24H23BrN6O. The Labute approximate surface area is 195 Å². The molecule has 0 unspecified atom stereocenters. The standard InChI is InChI=1S/C24H23BrN6O/c1-4-26-24(32)30-23-19-12-13-20(15-8-10-18(11-9-15)31(2)3)27-22(19)28-21(29-23)16-6-5-7-17(25)14-16/h5-14H,4H2,1-3H3,(H2,26,27,28,29,30,32). The normalized spacial score (nSPS) is 10.8. The first-order chi connectivity index (χ1) is 15.4. The first-order valence-electron chi connectivity index (χ1n) is 10.2. The Morgan fingerprint density at radius 1 is 0.969 bits per heavy atom. The van der Waals surface area contributed by atoms with Crippen LogP contribution >= 0.6 is 15.9 Å². The van der Waals surface area contributed by atoms with E-state index in [-0.39, 0.29) is 6.03 Å². The molecule has 0 atom stereocenters. The molecule has 2 N–H and O–H groups in total. The molecule has 4 aromatic rings. The van der Waals surface area contributed by atoms with Crippen molar-refractivity contribution in [3.8, 4) is 22.6 Å². The van der Waals surface area contributed by atoms with Crippen molar-refractivity contribution < 1.29 is 4.79 Å². The molecule has 8 heteroatoms. The van der Waals surface area contributed by atoms with E-state index in [1.54, 1.807) is 0 Å². The van der Waals surface area contributed by atoms with Crippen molar-refractivity contribution in [2.75, 3.05) is 30.9 Å². The van der Waals surface area contributed by atoms with Crippen LogP contribution in [0.2, 0.25) is 0 Å². The average Bonchev–Trinajstić information content (AvgIpc) is 2.79. The summed E-state index contributed by atoms with van der Waals surface area (Å²) in [4.78, 5) is 28.4. The Morgan fingerprint density at radius 2 is 1.75 bits per heavy atom. The van der Waals surface area contributed by atoms with E-state index in [1.165, 1.54) is 0 Å². The largest absolute Gasteiger partial charge is 0.378 e. The predicted molar refractivity (Wildman–Crippen MR) is 133 cm³/mol. The fourth-order valence-electron chi connectivity index (χ4n) is 3.27. The summed E-state index contributed by atoms with van der Waals surface area (Å²) >= 11 is 3.49. The summed E-state index contributed by atoms with van der Waals surface area (Å²) in [6.45, 7) is 2.37. The molecule has 4 rings (SSSR count). The molecule has 0 spiro atoms. The number of amides is 2. The maximum absolute atomic E-state index is 12.2. The molecule has 2 aromatic heterocycles. The Hall–Kier alpha value is -3.52. The second-order valence-corrected chi connectivity index (χ2v) is 8.32. The minimum Gasteiger partial charge on any atom is -0.378 e. The van der Waals surface area contributed by atoms with Gasteiger partial charge in [-0.3, -0.25) is 5.32 Å². The zero-order chi connectivity index (χ0) is 22.7. The second kappa shape index (κ2) is 9.32. The summed E-state index contributed by atoms with van der Waals surface area (Å²) in [6, 6.07) is 19.4. The fraction of sp³-hybridized carbons (Fsp3) is 0.167. The smallest absolute Gasteiger partial charge is 0.320 e. The fourth-order valence-corrected chi connectivity index (χ4v) is 3.66. The predicted octanol–water partition coefficient (Wildman–Crippen LogP) is 5.33. The van der Waals surface area contributed by atoms with Gasteiger partial charge in [-0.15, -0.1) is 0 Å². The highest BCUT2D eigenvalue weighted by atomic mass is 79.9. The van der Waals surface area contributed by atoms with Crippen LogP contribution in [0.1, 0.15) is 6.92 Å². The number of anilines is 2. The molecule has 2 amide bonds. The van der Waals surface area contributed by atoms with Crippen molar-refractivity contribution >= 4 is 44.5 Å². The van der Waals surface area contributed by atoms with Gasteiger partial charge in [-0.05, 0) is 43.3 Å². The van der Waals surface area contributed by atoms with Crippen LogP contribution < -0.4 is 15.5 Å². The monoisotopic (exact) mass is 490 g/mol. The lowest BCUT2D eigenvalue weighted by molar-refractivity contribution is 0.252. The van der Waals surface area contributed by atoms with Crippen molar-refractivity contribution in [1.29, 1.82) is 0 Å². The van der Waals surface area contributed by atoms with Crippen LogP contribution in [0.3, 0.4) is 0 Å². The number of carbonyl (C=O) groups is 1. The third kappa shape index (κ3) is 4.70. The molecule has 0 aliphatic carbocycles. The van der Waals surface area contributed by atoms with Crippen LogP contribution in [0.25, 0.3) is 33.7 Å². The van der Waals surface area contributed by atoms with E-state index in [4.69, 9.17) is 9.97 Å². The van der Waals surface area contributed by atoms with Gasteiger partial charge in [0, 0.05) is 41.9 Å². The zero-order valence-electron chi connectivity index (χ0n) is 18.1. The number of benzene rings is 2. The van der Waals surface area contributed by atoms with Crippen LogP contribution in [-0.2, 0) is 0 Å². The number of fused-ring (bicyclic) bond motifs is 1. The van der Waals surface area contributed by atoms with Gasteiger partial charge in [0.25, 0.3) is 0 Å². The van der Waals surface area contributed by atoms with Gasteiger partial charge >= 0.3 is 6.03 Å². The lowest BCUT2D eigenvalue weighted by Gasteiger charge is -2.13. The molecule has 0 saturated heterocycles. The summed E-state index contributed by atoms with van der Waals surface area (Å²) in [6.07, 6.45) is 0. The van der Waals surface area contributed by atoms with E-state index < -0.39 is 0 Å². The number of nitrogens with one attached hydrogen (secondary N) is 2. The highest BCUT2D eigenvalue weighted by Gasteiger charge is 2.14. The van der Waals surface area contributed by atoms with Gasteiger partial charge in [0.2, 0.25) is 0 Å². The van der Waals surface area contributed by atoms with Crippen LogP contribution in [-0.4, -0.2) is 41.6 Å². The highest BCUT2D eigenvalue weighted by molar-refractivity contribution is 9.10. The summed E-state index contributed by atoms with van der Waals surface area (Å²) in [7, 11) is 4.01. The van der Waals surface area contributed by atoms with E-state index in [0.29, 0.717) is 29.2 Å². The summed E-state index contributed by atoms with van der Waals surface area (Å²) in [5.41, 5.74) is 4.23. The third-order valence-corrected chi connectivity index (χ3v) is 5.38. The minimum atomic E-state index is -0.323. The number of nitrogens with zero attached hydrogens (tertiary/aromatic N) is 4. The summed E-state index contributed by atoms with van der Waals surface area (Å²) < 4.78 is 0.916. The quantitative estimate of drug-likeness (QED) is 0.395. The van der Waals surface area contributed by atoms with Crippen molar-refractivity contribution in [1.82, 2.24) is 20.3 Å². The number of urea groups is 1. The first kappa shape index (κ1) is 21.7. The SMILES string of the molecule is CCNC(=O)Nc1nc(-c2cccc(Br)c2)nc2nc(-c3ccc(N(C)C)cc3)ccc12. The maximum Gasteiger partial charge on any atom is 0.320 e. The number of halogens is 1. The molecule has 0 bridgehead atoms. The molecule has 0 radical (unpaired) electrons. The topological polar surface area (TPSA) is 83.0 Å². The van der Waals surface area contributed by atoms with Crippen molar-refractivity contribution in [2.45, 2.75) is 6.92 Å². The zero-order valence-corrected chi connectivity index (χ0v) is 19.6. The molecule has 2 heterocycles. The maximum atomic E-state index is 12.2. The Bertz CT molecular complexity index is 1270. The number of hydrogen-bond acceptors (Lipinski definition) is 5. The molecular weight excluding hydrogens is 468 g/mol. The number of aromatic nitrogens is 3. The summed E-state index contributed by atoms with van der Waals surface area (Å²) in [5, 5.41) is 6.24. The molecule has 0 saturated carbocycles. The van der Waals surface area contributed by atoms with Crippen molar-refractivity contribution in [3.05, 3.63) is 65.1 Å². The highest BCUT2D eigenvalue weighted by Crippen LogP contribution is 2.28. The molecule has 162 valence electrons. The van der Waals surface area contributed by atoms with Crippen molar-refractivity contribution in [3.63, 3.8) is 0 Å². The first-order valence-corrected chi connectivity index (χ1v) is 11.0. The van der Waals surface area contributed by atoms with Crippen molar-refractivity contribution in [2.24, 2.45) is 0 Å². The van der Waals surface area contributed by atoms with Gasteiger partial charge in [0.1, 0.15) is 5.82 Å². The number of carbonyl (C=O) groups excluding carboxylic acids is 1. The Balaban J connectivity index is 1.83. The number of rotatable bonds is 5. The average molecular weight is 491 g/mol. The van der Waals surface area contributed by atoms with E-state index in [2.05, 4.69) is 43.7 Å². The number of pyridine rings is 1. The van der Waals surface area contributed by atoms with Crippen LogP contribution in [0.4, 0.5) is 16.3 Å². The van der Waals surface area contributed by atoms with Gasteiger partial charge in [-0.2, -0.15) is 0 Å². The molecule has 2 aromatic carbocycles. The third-order valence-electron chi connectivity index (χ3n) is 4.89. The lowest BCUT2D eigenvalue weighted by atomic mass is 10.1. The van der Waals surface area contributed by atoms with Gasteiger partial charge in [0.15, 0.2) is 11.5 Å². The van der Waals surface area contributed by atoms with Gasteiger partial charge in [0.05, 0.1) is 11.1 Å². The molecule has 0 fully saturated rings.